The lowest BCUT2D eigenvalue weighted by atomic mass is 10.0. The van der Waals surface area contributed by atoms with E-state index in [1.54, 1.807) is 11.3 Å². The van der Waals surface area contributed by atoms with Gasteiger partial charge in [-0.25, -0.2) is 0 Å². The quantitative estimate of drug-likeness (QED) is 0.882. The van der Waals surface area contributed by atoms with Crippen molar-refractivity contribution in [3.8, 4) is 0 Å². The number of anilines is 1. The van der Waals surface area contributed by atoms with Crippen LogP contribution < -0.4 is 10.6 Å². The third-order valence-electron chi connectivity index (χ3n) is 4.67. The zero-order valence-corrected chi connectivity index (χ0v) is 14.7. The molecule has 2 aliphatic heterocycles. The van der Waals surface area contributed by atoms with Gasteiger partial charge in [-0.2, -0.15) is 0 Å². The van der Waals surface area contributed by atoms with Crippen LogP contribution in [-0.2, 0) is 13.0 Å². The SMILES string of the molecule is C/C(=C\c1ccccc1)[C@@H]1NC(=O)c2c(sc3c2CCN(C)C3)N1. The maximum absolute atomic E-state index is 12.7. The van der Waals surface area contributed by atoms with E-state index in [1.165, 1.54) is 10.4 Å². The highest BCUT2D eigenvalue weighted by Crippen LogP contribution is 2.39. The first-order chi connectivity index (χ1) is 11.6. The molecule has 3 heterocycles. The summed E-state index contributed by atoms with van der Waals surface area (Å²) in [5.41, 5.74) is 4.35. The van der Waals surface area contributed by atoms with Gasteiger partial charge in [0.15, 0.2) is 0 Å². The number of hydrogen-bond donors (Lipinski definition) is 2. The van der Waals surface area contributed by atoms with Crippen LogP contribution in [-0.4, -0.2) is 30.6 Å². The van der Waals surface area contributed by atoms with Crippen molar-refractivity contribution in [2.24, 2.45) is 0 Å². The molecule has 0 radical (unpaired) electrons. The van der Waals surface area contributed by atoms with Crippen molar-refractivity contribution >= 4 is 28.3 Å². The maximum atomic E-state index is 12.7. The number of thiophene rings is 1. The summed E-state index contributed by atoms with van der Waals surface area (Å²) in [6, 6.07) is 10.2. The van der Waals surface area contributed by atoms with E-state index < -0.39 is 0 Å². The Balaban J connectivity index is 1.63. The van der Waals surface area contributed by atoms with Gasteiger partial charge in [-0.15, -0.1) is 11.3 Å². The van der Waals surface area contributed by atoms with Crippen LogP contribution in [0.3, 0.4) is 0 Å². The van der Waals surface area contributed by atoms with Gasteiger partial charge >= 0.3 is 0 Å². The van der Waals surface area contributed by atoms with Gasteiger partial charge in [-0.1, -0.05) is 36.4 Å². The Morgan fingerprint density at radius 2 is 2.08 bits per heavy atom. The summed E-state index contributed by atoms with van der Waals surface area (Å²) in [5, 5.41) is 7.65. The highest BCUT2D eigenvalue weighted by atomic mass is 32.1. The molecule has 2 aliphatic rings. The van der Waals surface area contributed by atoms with Gasteiger partial charge in [-0.3, -0.25) is 4.79 Å². The van der Waals surface area contributed by atoms with E-state index in [9.17, 15) is 4.79 Å². The number of carbonyl (C=O) groups excluding carboxylic acids is 1. The summed E-state index contributed by atoms with van der Waals surface area (Å²) in [4.78, 5) is 16.3. The molecule has 0 saturated heterocycles. The first-order valence-electron chi connectivity index (χ1n) is 8.25. The number of nitrogens with zero attached hydrogens (tertiary/aromatic N) is 1. The van der Waals surface area contributed by atoms with Crippen LogP contribution in [0, 0.1) is 0 Å². The number of fused-ring (bicyclic) bond motifs is 3. The van der Waals surface area contributed by atoms with Gasteiger partial charge in [0.25, 0.3) is 5.91 Å². The van der Waals surface area contributed by atoms with Crippen molar-refractivity contribution in [2.75, 3.05) is 18.9 Å². The molecular formula is C19H21N3OS. The molecule has 4 nitrogen and oxygen atoms in total. The molecule has 0 fully saturated rings. The Bertz CT molecular complexity index is 810. The summed E-state index contributed by atoms with van der Waals surface area (Å²) >= 11 is 1.73. The molecule has 2 N–H and O–H groups in total. The van der Waals surface area contributed by atoms with Gasteiger partial charge in [0, 0.05) is 18.0 Å². The van der Waals surface area contributed by atoms with Gasteiger partial charge in [-0.05, 0) is 37.1 Å². The van der Waals surface area contributed by atoms with Gasteiger partial charge in [0.05, 0.1) is 5.56 Å². The standard InChI is InChI=1S/C19H21N3OS/c1-12(10-13-6-4-3-5-7-13)17-20-18(23)16-14-8-9-22(2)11-15(14)24-19(16)21-17/h3-7,10,17,21H,8-9,11H2,1-2H3,(H,20,23)/b12-10+/t17-/m1/s1. The Morgan fingerprint density at radius 3 is 2.88 bits per heavy atom. The molecule has 0 aliphatic carbocycles. The smallest absolute Gasteiger partial charge is 0.256 e. The zero-order valence-electron chi connectivity index (χ0n) is 13.9. The molecule has 1 amide bonds. The monoisotopic (exact) mass is 339 g/mol. The predicted octanol–water partition coefficient (Wildman–Crippen LogP) is 3.32. The number of nitrogens with one attached hydrogen (secondary N) is 2. The largest absolute Gasteiger partial charge is 0.353 e. The maximum Gasteiger partial charge on any atom is 0.256 e. The molecule has 1 atom stereocenters. The average Bonchev–Trinajstić information content (AvgIpc) is 2.93. The third-order valence-corrected chi connectivity index (χ3v) is 5.82. The molecule has 24 heavy (non-hydrogen) atoms. The number of hydrogen-bond acceptors (Lipinski definition) is 4. The highest BCUT2D eigenvalue weighted by molar-refractivity contribution is 7.16. The lowest BCUT2D eigenvalue weighted by molar-refractivity contribution is 0.0940. The molecule has 1 aromatic heterocycles. The number of likely N-dealkylation sites (N-methyl/N-ethyl adjacent to an activating group) is 1. The van der Waals surface area contributed by atoms with Crippen LogP contribution in [0.4, 0.5) is 5.00 Å². The number of rotatable bonds is 2. The molecule has 0 unspecified atom stereocenters. The minimum Gasteiger partial charge on any atom is -0.353 e. The van der Waals surface area contributed by atoms with Crippen molar-refractivity contribution < 1.29 is 4.79 Å². The van der Waals surface area contributed by atoms with Gasteiger partial charge in [0.2, 0.25) is 0 Å². The minimum atomic E-state index is -0.150. The van der Waals surface area contributed by atoms with Crippen LogP contribution >= 0.6 is 11.3 Å². The topological polar surface area (TPSA) is 44.4 Å². The van der Waals surface area contributed by atoms with E-state index in [0.717, 1.165) is 41.2 Å². The molecule has 0 saturated carbocycles. The first kappa shape index (κ1) is 15.4. The molecule has 0 spiro atoms. The normalized spacial score (nSPS) is 20.8. The third kappa shape index (κ3) is 2.74. The Labute approximate surface area is 146 Å². The second kappa shape index (κ2) is 6.07. The van der Waals surface area contributed by atoms with Crippen LogP contribution in [0.15, 0.2) is 35.9 Å². The Morgan fingerprint density at radius 1 is 1.29 bits per heavy atom. The van der Waals surface area contributed by atoms with E-state index in [1.807, 2.05) is 18.2 Å². The lowest BCUT2D eigenvalue weighted by Crippen LogP contribution is -2.45. The van der Waals surface area contributed by atoms with E-state index in [4.69, 9.17) is 0 Å². The summed E-state index contributed by atoms with van der Waals surface area (Å²) in [7, 11) is 2.13. The predicted molar refractivity (Wildman–Crippen MR) is 99.3 cm³/mol. The van der Waals surface area contributed by atoms with Crippen LogP contribution in [0.5, 0.6) is 0 Å². The van der Waals surface area contributed by atoms with Crippen LogP contribution in [0.1, 0.15) is 33.3 Å². The zero-order chi connectivity index (χ0) is 16.7. The van der Waals surface area contributed by atoms with E-state index in [2.05, 4.69) is 47.7 Å². The lowest BCUT2D eigenvalue weighted by Gasteiger charge is -2.27. The van der Waals surface area contributed by atoms with Crippen molar-refractivity contribution in [1.29, 1.82) is 0 Å². The second-order valence-corrected chi connectivity index (χ2v) is 7.65. The van der Waals surface area contributed by atoms with Gasteiger partial charge < -0.3 is 15.5 Å². The van der Waals surface area contributed by atoms with E-state index >= 15 is 0 Å². The van der Waals surface area contributed by atoms with Crippen molar-refractivity contribution in [3.05, 3.63) is 57.5 Å². The second-order valence-electron chi connectivity index (χ2n) is 6.55. The summed E-state index contributed by atoms with van der Waals surface area (Å²) in [6.07, 6.45) is 2.92. The minimum absolute atomic E-state index is 0.0524. The number of benzene rings is 1. The molecule has 5 heteroatoms. The van der Waals surface area contributed by atoms with Crippen molar-refractivity contribution in [2.45, 2.75) is 26.1 Å². The fourth-order valence-corrected chi connectivity index (χ4v) is 4.72. The van der Waals surface area contributed by atoms with E-state index in [-0.39, 0.29) is 12.1 Å². The first-order valence-corrected chi connectivity index (χ1v) is 9.07. The van der Waals surface area contributed by atoms with E-state index in [0.29, 0.717) is 0 Å². The highest BCUT2D eigenvalue weighted by Gasteiger charge is 2.32. The number of amides is 1. The number of carbonyl (C=O) groups is 1. The fourth-order valence-electron chi connectivity index (χ4n) is 3.37. The van der Waals surface area contributed by atoms with Crippen molar-refractivity contribution in [1.82, 2.24) is 10.2 Å². The summed E-state index contributed by atoms with van der Waals surface area (Å²) in [6.45, 7) is 4.00. The summed E-state index contributed by atoms with van der Waals surface area (Å²) in [5.74, 6) is 0.0524. The molecule has 2 aromatic rings. The van der Waals surface area contributed by atoms with Crippen molar-refractivity contribution in [3.63, 3.8) is 0 Å². The molecule has 124 valence electrons. The molecule has 0 bridgehead atoms. The summed E-state index contributed by atoms with van der Waals surface area (Å²) < 4.78 is 0. The molecular weight excluding hydrogens is 318 g/mol. The fraction of sp³-hybridized carbons (Fsp3) is 0.316. The van der Waals surface area contributed by atoms with Gasteiger partial charge in [0.1, 0.15) is 11.2 Å². The molecule has 1 aromatic carbocycles. The van der Waals surface area contributed by atoms with Crippen LogP contribution in [0.2, 0.25) is 0 Å². The van der Waals surface area contributed by atoms with Crippen LogP contribution in [0.25, 0.3) is 6.08 Å². The Kier molecular flexibility index (Phi) is 3.90. The average molecular weight is 339 g/mol. The molecule has 4 rings (SSSR count). The Hall–Kier alpha value is -2.11.